The van der Waals surface area contributed by atoms with Gasteiger partial charge in [-0.1, -0.05) is 43.6 Å². The second-order valence-corrected chi connectivity index (χ2v) is 24.5. The number of alkyl halides is 1. The third-order valence-electron chi connectivity index (χ3n) is 21.0. The number of ether oxygens (including phenoxy) is 2. The summed E-state index contributed by atoms with van der Waals surface area (Å²) in [6.07, 6.45) is 19.6. The van der Waals surface area contributed by atoms with Gasteiger partial charge < -0.3 is 25.0 Å². The third kappa shape index (κ3) is 9.32. The molecule has 2 saturated heterocycles. The zero-order valence-electron chi connectivity index (χ0n) is 39.3. The Morgan fingerprint density at radius 1 is 0.607 bits per heavy atom. The molecule has 348 valence electrons. The van der Waals surface area contributed by atoms with Crippen molar-refractivity contribution in [2.45, 2.75) is 155 Å². The highest BCUT2D eigenvalue weighted by molar-refractivity contribution is 9.09. The Morgan fingerprint density at radius 2 is 1.07 bits per heavy atom. The molecule has 0 aromatic rings. The van der Waals surface area contributed by atoms with E-state index < -0.39 is 11.2 Å². The monoisotopic (exact) mass is 915 g/mol. The van der Waals surface area contributed by atoms with Crippen LogP contribution in [0.3, 0.4) is 0 Å². The fourth-order valence-electron chi connectivity index (χ4n) is 17.3. The van der Waals surface area contributed by atoms with E-state index in [-0.39, 0.29) is 16.7 Å². The summed E-state index contributed by atoms with van der Waals surface area (Å²) in [6.45, 7) is 21.4. The van der Waals surface area contributed by atoms with Gasteiger partial charge in [0.25, 0.3) is 0 Å². The number of morpholine rings is 2. The first-order valence-electron chi connectivity index (χ1n) is 25.7. The molecule has 0 aromatic heterocycles. The van der Waals surface area contributed by atoms with Gasteiger partial charge in [-0.25, -0.2) is 0 Å². The first-order valence-corrected chi connectivity index (χ1v) is 26.8. The van der Waals surface area contributed by atoms with Crippen LogP contribution in [-0.4, -0.2) is 102 Å². The number of nitrogens with one attached hydrogen (secondary N) is 1. The van der Waals surface area contributed by atoms with E-state index in [2.05, 4.69) is 67.7 Å². The van der Waals surface area contributed by atoms with Crippen LogP contribution in [-0.2, 0) is 19.1 Å². The molecule has 0 amide bonds. The van der Waals surface area contributed by atoms with Crippen LogP contribution in [0.25, 0.3) is 0 Å². The lowest BCUT2D eigenvalue weighted by molar-refractivity contribution is -0.137. The fraction of sp³-hybridized carbons (Fsp3) is 0.962. The zero-order valence-corrected chi connectivity index (χ0v) is 40.9. The predicted octanol–water partition coefficient (Wildman–Crippen LogP) is 8.98. The number of fused-ring (bicyclic) bond motifs is 10. The SMILES string of the molecule is C1COCCN1.C[C@H]1C[C@H]2[C@@H](CC[C@@H]3[C@@H]2CC[C@]2(C)[C@@H](C(=O)CBr)CC[C@@H]32)C[C@]1(C)O.C[C@H]1C[C@H]2[C@@H](CC[C@@H]3[C@@H]2CC[C@]2(C)[C@@H](C(=O)CN4CCOCC4)CC[C@@H]32)C[C@]1(C)O. The molecule has 18 atom stereocenters. The number of halogens is 1. The first-order chi connectivity index (χ1) is 29.1. The van der Waals surface area contributed by atoms with Gasteiger partial charge in [0.1, 0.15) is 11.6 Å². The number of hydrogen-bond donors (Lipinski definition) is 3. The van der Waals surface area contributed by atoms with E-state index in [0.717, 1.165) is 137 Å². The van der Waals surface area contributed by atoms with Gasteiger partial charge in [0.05, 0.1) is 49.5 Å². The maximum Gasteiger partial charge on any atom is 0.150 e. The summed E-state index contributed by atoms with van der Waals surface area (Å²) in [7, 11) is 0. The van der Waals surface area contributed by atoms with E-state index in [9.17, 15) is 19.8 Å². The standard InChI is InChI=1S/C26H43NO3.C22H35BrO2.C4H9NO/c1-17-14-21-18(15-26(17,3)29)4-5-20-19(21)8-9-25(2)22(20)6-7-23(25)24(28)16-27-10-12-30-13-11-27;1-13-10-17-14(11-22(13,3)25)4-5-16-15(17)8-9-21(2)18(16)6-7-19(21)20(24)12-23;1-3-6-4-2-5-1/h17-23,29H,4-16H2,1-3H3;13-19,25H,4-12H2,1-3H3;5H,1-4H2/t17-,18-,19-,20+,21-,22-,23+,25-,26-;13-,14-,15-,16+,17-,18-,19+,21-,22-;/m00./s1. The molecular formula is C52H87BrN2O6. The highest BCUT2D eigenvalue weighted by Crippen LogP contribution is 2.67. The highest BCUT2D eigenvalue weighted by Gasteiger charge is 2.61. The van der Waals surface area contributed by atoms with Crippen molar-refractivity contribution in [1.82, 2.24) is 10.2 Å². The van der Waals surface area contributed by atoms with E-state index in [0.29, 0.717) is 41.2 Å². The summed E-state index contributed by atoms with van der Waals surface area (Å²) in [5.41, 5.74) is -0.451. The van der Waals surface area contributed by atoms with E-state index in [1.54, 1.807) is 0 Å². The molecule has 0 bridgehead atoms. The largest absolute Gasteiger partial charge is 0.390 e. The van der Waals surface area contributed by atoms with E-state index in [4.69, 9.17) is 9.47 Å². The maximum absolute atomic E-state index is 13.4. The molecule has 0 unspecified atom stereocenters. The van der Waals surface area contributed by atoms with E-state index in [1.807, 2.05) is 0 Å². The minimum atomic E-state index is -0.471. The van der Waals surface area contributed by atoms with Gasteiger partial charge in [0.15, 0.2) is 0 Å². The molecule has 9 heteroatoms. The normalized spacial score (nSPS) is 50.4. The first kappa shape index (κ1) is 47.1. The molecule has 0 radical (unpaired) electrons. The van der Waals surface area contributed by atoms with Crippen molar-refractivity contribution in [3.63, 3.8) is 0 Å². The van der Waals surface area contributed by atoms with E-state index in [1.165, 1.54) is 77.0 Å². The summed E-state index contributed by atoms with van der Waals surface area (Å²) in [5.74, 6) is 10.3. The third-order valence-corrected chi connectivity index (χ3v) is 21.6. The fourth-order valence-corrected chi connectivity index (χ4v) is 17.6. The minimum absolute atomic E-state index is 0.225. The molecule has 3 N–H and O–H groups in total. The second kappa shape index (κ2) is 19.1. The smallest absolute Gasteiger partial charge is 0.150 e. The summed E-state index contributed by atoms with van der Waals surface area (Å²) < 4.78 is 10.5. The molecule has 8 aliphatic carbocycles. The summed E-state index contributed by atoms with van der Waals surface area (Å²) in [6, 6.07) is 0. The van der Waals surface area contributed by atoms with Gasteiger partial charge in [-0.3, -0.25) is 14.5 Å². The highest BCUT2D eigenvalue weighted by atomic mass is 79.9. The molecule has 10 aliphatic rings. The number of carbonyl (C=O) groups is 2. The lowest BCUT2D eigenvalue weighted by Gasteiger charge is -2.58. The van der Waals surface area contributed by atoms with Gasteiger partial charge in [-0.2, -0.15) is 0 Å². The number of hydrogen-bond acceptors (Lipinski definition) is 8. The predicted molar refractivity (Wildman–Crippen MR) is 246 cm³/mol. The Kier molecular flexibility index (Phi) is 14.7. The van der Waals surface area contributed by atoms with Gasteiger partial charge in [0, 0.05) is 38.0 Å². The van der Waals surface area contributed by atoms with Crippen LogP contribution in [0, 0.1) is 93.7 Å². The van der Waals surface area contributed by atoms with Crippen LogP contribution in [0.5, 0.6) is 0 Å². The Labute approximate surface area is 379 Å². The lowest BCUT2D eigenvalue weighted by atomic mass is 9.48. The van der Waals surface area contributed by atoms with Crippen LogP contribution < -0.4 is 5.32 Å². The van der Waals surface area contributed by atoms with Crippen molar-refractivity contribution in [2.75, 3.05) is 64.5 Å². The van der Waals surface area contributed by atoms with Crippen molar-refractivity contribution in [1.29, 1.82) is 0 Å². The maximum atomic E-state index is 13.4. The Balaban J connectivity index is 0.000000150. The van der Waals surface area contributed by atoms with Gasteiger partial charge >= 0.3 is 0 Å². The average molecular weight is 916 g/mol. The molecule has 2 heterocycles. The minimum Gasteiger partial charge on any atom is -0.390 e. The van der Waals surface area contributed by atoms with Crippen LogP contribution in [0.15, 0.2) is 0 Å². The summed E-state index contributed by atoms with van der Waals surface area (Å²) in [5, 5.41) is 25.3. The topological polar surface area (TPSA) is 108 Å². The van der Waals surface area contributed by atoms with Gasteiger partial charge in [0.2, 0.25) is 0 Å². The van der Waals surface area contributed by atoms with Crippen molar-refractivity contribution in [2.24, 2.45) is 93.7 Å². The molecule has 8 nitrogen and oxygen atoms in total. The molecule has 0 aromatic carbocycles. The van der Waals surface area contributed by atoms with E-state index >= 15 is 0 Å². The number of Topliss-reactive ketones (excluding diaryl/α,β-unsaturated/α-hetero) is 2. The van der Waals surface area contributed by atoms with Crippen molar-refractivity contribution < 1.29 is 29.3 Å². The number of nitrogens with zero attached hydrogens (tertiary/aromatic N) is 1. The van der Waals surface area contributed by atoms with Crippen LogP contribution in [0.1, 0.15) is 144 Å². The average Bonchev–Trinajstić information content (AvgIpc) is 3.79. The molecule has 8 saturated carbocycles. The Bertz CT molecular complexity index is 1500. The number of aliphatic hydroxyl groups is 2. The number of rotatable bonds is 5. The van der Waals surface area contributed by atoms with Gasteiger partial charge in [-0.05, 0) is 198 Å². The molecule has 0 spiro atoms. The Hall–Kier alpha value is -0.420. The zero-order chi connectivity index (χ0) is 43.3. The number of ketones is 2. The van der Waals surface area contributed by atoms with Crippen molar-refractivity contribution >= 4 is 27.5 Å². The van der Waals surface area contributed by atoms with Gasteiger partial charge in [-0.15, -0.1) is 0 Å². The van der Waals surface area contributed by atoms with Crippen LogP contribution in [0.2, 0.25) is 0 Å². The summed E-state index contributed by atoms with van der Waals surface area (Å²) >= 11 is 3.42. The van der Waals surface area contributed by atoms with Crippen molar-refractivity contribution in [3.8, 4) is 0 Å². The second-order valence-electron chi connectivity index (χ2n) is 23.9. The number of carbonyl (C=O) groups excluding carboxylic acids is 2. The van der Waals surface area contributed by atoms with Crippen molar-refractivity contribution in [3.05, 3.63) is 0 Å². The quantitative estimate of drug-likeness (QED) is 0.235. The molecule has 2 aliphatic heterocycles. The molecule has 10 rings (SSSR count). The molecule has 61 heavy (non-hydrogen) atoms. The van der Waals surface area contributed by atoms with Crippen LogP contribution >= 0.6 is 15.9 Å². The lowest BCUT2D eigenvalue weighted by Crippen LogP contribution is -2.53. The molecule has 10 fully saturated rings. The van der Waals surface area contributed by atoms with Crippen LogP contribution in [0.4, 0.5) is 0 Å². The molecular weight excluding hydrogens is 828 g/mol. The summed E-state index contributed by atoms with van der Waals surface area (Å²) in [4.78, 5) is 28.2. The Morgan fingerprint density at radius 3 is 1.49 bits per heavy atom.